The fourth-order valence-electron chi connectivity index (χ4n) is 1.39. The summed E-state index contributed by atoms with van der Waals surface area (Å²) in [5.41, 5.74) is 0. The number of hydrogen-bond donors (Lipinski definition) is 1. The molecule has 0 aliphatic rings. The molecule has 1 aromatic heterocycles. The number of nitrogens with one attached hydrogen (secondary N) is 1. The Kier molecular flexibility index (Phi) is 7.04. The first-order valence-corrected chi connectivity index (χ1v) is 8.45. The van der Waals surface area contributed by atoms with Gasteiger partial charge in [-0.25, -0.2) is 0 Å². The quantitative estimate of drug-likeness (QED) is 0.745. The van der Waals surface area contributed by atoms with Crippen molar-refractivity contribution >= 4 is 39.0 Å². The number of thioether (sulfide) groups is 1. The van der Waals surface area contributed by atoms with Gasteiger partial charge in [0.1, 0.15) is 0 Å². The van der Waals surface area contributed by atoms with Gasteiger partial charge < -0.3 is 5.32 Å². The van der Waals surface area contributed by atoms with E-state index in [1.165, 1.54) is 32.2 Å². The molecule has 1 aromatic rings. The van der Waals surface area contributed by atoms with Crippen LogP contribution in [0.1, 0.15) is 30.0 Å². The Morgan fingerprint density at radius 3 is 2.88 bits per heavy atom. The van der Waals surface area contributed by atoms with E-state index in [-0.39, 0.29) is 0 Å². The molecule has 0 aliphatic heterocycles. The van der Waals surface area contributed by atoms with E-state index in [0.717, 1.165) is 6.54 Å². The predicted molar refractivity (Wildman–Crippen MR) is 80.7 cm³/mol. The third kappa shape index (κ3) is 5.21. The van der Waals surface area contributed by atoms with Gasteiger partial charge in [-0.15, -0.1) is 11.3 Å². The van der Waals surface area contributed by atoms with Crippen LogP contribution in [0.3, 0.4) is 0 Å². The first kappa shape index (κ1) is 14.6. The van der Waals surface area contributed by atoms with Crippen LogP contribution in [0, 0.1) is 6.92 Å². The van der Waals surface area contributed by atoms with Crippen molar-refractivity contribution < 1.29 is 0 Å². The molecule has 0 fully saturated rings. The van der Waals surface area contributed by atoms with Gasteiger partial charge in [0.25, 0.3) is 0 Å². The van der Waals surface area contributed by atoms with E-state index in [1.807, 2.05) is 23.1 Å². The fourth-order valence-corrected chi connectivity index (χ4v) is 3.75. The Morgan fingerprint density at radius 2 is 2.31 bits per heavy atom. The summed E-state index contributed by atoms with van der Waals surface area (Å²) in [6.45, 7) is 7.63. The van der Waals surface area contributed by atoms with Crippen LogP contribution in [0.5, 0.6) is 0 Å². The first-order valence-electron chi connectivity index (χ1n) is 5.69. The molecule has 0 radical (unpaired) electrons. The van der Waals surface area contributed by atoms with Gasteiger partial charge >= 0.3 is 0 Å². The standard InChI is InChI=1S/C12H20BrNS2/c1-4-15-6-5-9(2)14-8-11-7-12(13)10(3)16-11/h7,9,14H,4-6,8H2,1-3H3. The SMILES string of the molecule is CCSCCC(C)NCc1cc(Br)c(C)s1. The molecule has 1 nitrogen and oxygen atoms in total. The average molecular weight is 322 g/mol. The maximum atomic E-state index is 3.57. The zero-order valence-electron chi connectivity index (χ0n) is 10.2. The van der Waals surface area contributed by atoms with Gasteiger partial charge in [-0.2, -0.15) is 11.8 Å². The van der Waals surface area contributed by atoms with Gasteiger partial charge in [-0.3, -0.25) is 0 Å². The molecule has 0 saturated heterocycles. The van der Waals surface area contributed by atoms with Gasteiger partial charge in [0.15, 0.2) is 0 Å². The summed E-state index contributed by atoms with van der Waals surface area (Å²) in [6, 6.07) is 2.83. The molecule has 0 saturated carbocycles. The highest BCUT2D eigenvalue weighted by Gasteiger charge is 2.05. The van der Waals surface area contributed by atoms with Crippen LogP contribution in [-0.4, -0.2) is 17.5 Å². The molecule has 1 unspecified atom stereocenters. The molecule has 0 amide bonds. The van der Waals surface area contributed by atoms with Gasteiger partial charge in [0.05, 0.1) is 0 Å². The number of rotatable bonds is 7. The second-order valence-corrected chi connectivity index (χ2v) is 7.47. The molecule has 4 heteroatoms. The summed E-state index contributed by atoms with van der Waals surface area (Å²) in [7, 11) is 0. The van der Waals surface area contributed by atoms with Crippen LogP contribution >= 0.6 is 39.0 Å². The minimum absolute atomic E-state index is 0.611. The topological polar surface area (TPSA) is 12.0 Å². The second-order valence-electron chi connectivity index (χ2n) is 3.88. The van der Waals surface area contributed by atoms with E-state index in [2.05, 4.69) is 48.1 Å². The van der Waals surface area contributed by atoms with Crippen molar-refractivity contribution in [1.82, 2.24) is 5.32 Å². The van der Waals surface area contributed by atoms with Gasteiger partial charge in [0.2, 0.25) is 0 Å². The van der Waals surface area contributed by atoms with Crippen LogP contribution in [0.15, 0.2) is 10.5 Å². The van der Waals surface area contributed by atoms with E-state index < -0.39 is 0 Å². The largest absolute Gasteiger partial charge is 0.309 e. The third-order valence-electron chi connectivity index (χ3n) is 2.43. The molecule has 1 heterocycles. The summed E-state index contributed by atoms with van der Waals surface area (Å²) in [6.07, 6.45) is 1.25. The Hall–Kier alpha value is 0.490. The van der Waals surface area contributed by atoms with E-state index >= 15 is 0 Å². The monoisotopic (exact) mass is 321 g/mol. The number of thiophene rings is 1. The highest BCUT2D eigenvalue weighted by atomic mass is 79.9. The highest BCUT2D eigenvalue weighted by molar-refractivity contribution is 9.10. The summed E-state index contributed by atoms with van der Waals surface area (Å²) >= 11 is 7.44. The van der Waals surface area contributed by atoms with Crippen LogP contribution in [0.4, 0.5) is 0 Å². The fraction of sp³-hybridized carbons (Fsp3) is 0.667. The number of hydrogen-bond acceptors (Lipinski definition) is 3. The Morgan fingerprint density at radius 1 is 1.56 bits per heavy atom. The first-order chi connectivity index (χ1) is 7.63. The van der Waals surface area contributed by atoms with E-state index in [9.17, 15) is 0 Å². The second kappa shape index (κ2) is 7.75. The Balaban J connectivity index is 2.23. The molecule has 0 bridgehead atoms. The molecular formula is C12H20BrNS2. The lowest BCUT2D eigenvalue weighted by atomic mass is 10.2. The lowest BCUT2D eigenvalue weighted by Gasteiger charge is -2.12. The van der Waals surface area contributed by atoms with Crippen LogP contribution in [0.2, 0.25) is 0 Å². The van der Waals surface area contributed by atoms with Crippen molar-refractivity contribution in [2.75, 3.05) is 11.5 Å². The molecule has 0 spiro atoms. The van der Waals surface area contributed by atoms with Crippen molar-refractivity contribution in [3.05, 3.63) is 20.3 Å². The van der Waals surface area contributed by atoms with E-state index in [4.69, 9.17) is 0 Å². The summed E-state index contributed by atoms with van der Waals surface area (Å²) in [4.78, 5) is 2.78. The smallest absolute Gasteiger partial charge is 0.0314 e. The van der Waals surface area contributed by atoms with Crippen molar-refractivity contribution in [3.63, 3.8) is 0 Å². The summed E-state index contributed by atoms with van der Waals surface area (Å²) < 4.78 is 1.24. The zero-order chi connectivity index (χ0) is 12.0. The molecule has 16 heavy (non-hydrogen) atoms. The van der Waals surface area contributed by atoms with Crippen molar-refractivity contribution in [2.45, 2.75) is 39.8 Å². The molecule has 1 rings (SSSR count). The average Bonchev–Trinajstić information content (AvgIpc) is 2.56. The zero-order valence-corrected chi connectivity index (χ0v) is 13.4. The number of aryl methyl sites for hydroxylation is 1. The van der Waals surface area contributed by atoms with Crippen LogP contribution < -0.4 is 5.32 Å². The maximum Gasteiger partial charge on any atom is 0.0314 e. The van der Waals surface area contributed by atoms with Gasteiger partial charge in [-0.05, 0) is 53.8 Å². The molecule has 1 atom stereocenters. The predicted octanol–water partition coefficient (Wildman–Crippen LogP) is 4.44. The van der Waals surface area contributed by atoms with E-state index in [0.29, 0.717) is 6.04 Å². The van der Waals surface area contributed by atoms with Crippen molar-refractivity contribution in [3.8, 4) is 0 Å². The molecule has 0 aliphatic carbocycles. The number of halogens is 1. The lowest BCUT2D eigenvalue weighted by Crippen LogP contribution is -2.25. The van der Waals surface area contributed by atoms with Gasteiger partial charge in [0, 0.05) is 26.8 Å². The molecule has 1 N–H and O–H groups in total. The lowest BCUT2D eigenvalue weighted by molar-refractivity contribution is 0.540. The minimum Gasteiger partial charge on any atom is -0.309 e. The molecule has 0 aromatic carbocycles. The molecular weight excluding hydrogens is 302 g/mol. The summed E-state index contributed by atoms with van der Waals surface area (Å²) in [5.74, 6) is 2.49. The van der Waals surface area contributed by atoms with E-state index in [1.54, 1.807) is 0 Å². The van der Waals surface area contributed by atoms with Crippen LogP contribution in [0.25, 0.3) is 0 Å². The van der Waals surface area contributed by atoms with Crippen LogP contribution in [-0.2, 0) is 6.54 Å². The summed E-state index contributed by atoms with van der Waals surface area (Å²) in [5, 5.41) is 3.57. The Bertz CT molecular complexity index is 292. The normalized spacial score (nSPS) is 13.0. The minimum atomic E-state index is 0.611. The van der Waals surface area contributed by atoms with Crippen molar-refractivity contribution in [2.24, 2.45) is 0 Å². The van der Waals surface area contributed by atoms with Crippen molar-refractivity contribution in [1.29, 1.82) is 0 Å². The molecule has 92 valence electrons. The van der Waals surface area contributed by atoms with Gasteiger partial charge in [-0.1, -0.05) is 6.92 Å². The highest BCUT2D eigenvalue weighted by Crippen LogP contribution is 2.26. The third-order valence-corrected chi connectivity index (χ3v) is 5.50. The maximum absolute atomic E-state index is 3.57. The Labute approximate surface area is 116 Å².